The average Bonchev–Trinajstić information content (AvgIpc) is 4.06. The third-order valence-electron chi connectivity index (χ3n) is 10.7. The van der Waals surface area contributed by atoms with Gasteiger partial charge in [-0.15, -0.1) is 11.6 Å². The fraction of sp³-hybridized carbons (Fsp3) is 0.367. The molecule has 2 unspecified atom stereocenters. The Kier molecular flexibility index (Phi) is 20.7. The predicted octanol–water partition coefficient (Wildman–Crippen LogP) is 11.5. The molecule has 4 aromatic carbocycles. The highest BCUT2D eigenvalue weighted by Crippen LogP contribution is 2.43. The van der Waals surface area contributed by atoms with Crippen molar-refractivity contribution in [1.29, 1.82) is 0 Å². The maximum atomic E-state index is 12.8. The number of benzene rings is 4. The van der Waals surface area contributed by atoms with Crippen LogP contribution in [0.5, 0.6) is 11.5 Å². The van der Waals surface area contributed by atoms with Crippen LogP contribution in [0.15, 0.2) is 88.4 Å². The van der Waals surface area contributed by atoms with Gasteiger partial charge in [-0.3, -0.25) is 19.7 Å². The quantitative estimate of drug-likeness (QED) is 0.0212. The van der Waals surface area contributed by atoms with E-state index in [0.717, 1.165) is 78.7 Å². The number of nitrogens with zero attached hydrogens (tertiary/aromatic N) is 3. The number of sulfone groups is 1. The van der Waals surface area contributed by atoms with E-state index in [0.29, 0.717) is 30.6 Å². The van der Waals surface area contributed by atoms with Crippen LogP contribution in [0.2, 0.25) is 5.02 Å². The number of halogens is 8. The Bertz CT molecular complexity index is 2960. The molecule has 16 nitrogen and oxygen atoms in total. The third-order valence-corrected chi connectivity index (χ3v) is 12.4. The Balaban J connectivity index is 0.000000248. The summed E-state index contributed by atoms with van der Waals surface area (Å²) in [7, 11) is -2.40. The molecule has 0 bridgehead atoms. The largest absolute Gasteiger partial charge is 0.463 e. The van der Waals surface area contributed by atoms with E-state index in [1.54, 1.807) is 18.9 Å². The number of anilines is 1. The SMILES string of the molecule is CCOC(=O)C(C)OC(=O)c1cc(Oc2ccc(C(F)(F)F)cc2Cl)ccc1[N+](=O)[O-].CCc1cccc(C)c1N(C(=O)CCl)C(C)COC.CS(=O)(=O)c1cc(C(F)(F)F)ccc1C(=O)c1cnoc1C1CC1. The number of aromatic nitrogens is 1. The lowest BCUT2D eigenvalue weighted by atomic mass is 10.0. The molecule has 0 N–H and O–H groups in total. The number of ketones is 1. The molecule has 0 spiro atoms. The molecule has 1 amide bonds. The molecule has 1 aliphatic rings. The Morgan fingerprint density at radius 2 is 1.55 bits per heavy atom. The summed E-state index contributed by atoms with van der Waals surface area (Å²) in [4.78, 5) is 60.3. The second-order valence-electron chi connectivity index (χ2n) is 16.3. The Morgan fingerprint density at radius 1 is 0.919 bits per heavy atom. The minimum atomic E-state index is -4.71. The summed E-state index contributed by atoms with van der Waals surface area (Å²) in [6.45, 7) is 9.37. The van der Waals surface area contributed by atoms with Gasteiger partial charge in [0.15, 0.2) is 27.5 Å². The van der Waals surface area contributed by atoms with Gasteiger partial charge in [0.1, 0.15) is 22.9 Å². The van der Waals surface area contributed by atoms with Crippen molar-refractivity contribution in [3.8, 4) is 11.5 Å². The number of para-hydroxylation sites is 1. The monoisotopic (exact) mass is 1100 g/mol. The van der Waals surface area contributed by atoms with Crippen LogP contribution in [0.3, 0.4) is 0 Å². The van der Waals surface area contributed by atoms with Gasteiger partial charge in [-0.25, -0.2) is 18.0 Å². The summed E-state index contributed by atoms with van der Waals surface area (Å²) in [5, 5.41) is 14.4. The maximum absolute atomic E-state index is 12.8. The summed E-state index contributed by atoms with van der Waals surface area (Å²) in [6, 6.07) is 13.5. The number of alkyl halides is 7. The Labute approximate surface area is 430 Å². The number of hydrogen-bond donors (Lipinski definition) is 0. The van der Waals surface area contributed by atoms with E-state index >= 15 is 0 Å². The van der Waals surface area contributed by atoms with Crippen molar-refractivity contribution in [2.24, 2.45) is 0 Å². The second kappa shape index (κ2) is 25.6. The zero-order valence-corrected chi connectivity index (χ0v) is 42.9. The molecule has 0 aliphatic heterocycles. The van der Waals surface area contributed by atoms with Crippen molar-refractivity contribution in [1.82, 2.24) is 5.16 Å². The third kappa shape index (κ3) is 15.7. The summed E-state index contributed by atoms with van der Waals surface area (Å²) >= 11 is 11.6. The molecule has 1 heterocycles. The van der Waals surface area contributed by atoms with Crippen molar-refractivity contribution in [2.45, 2.75) is 89.2 Å². The van der Waals surface area contributed by atoms with Gasteiger partial charge < -0.3 is 28.4 Å². The number of esters is 2. The predicted molar refractivity (Wildman–Crippen MR) is 258 cm³/mol. The molecule has 1 aromatic heterocycles. The molecule has 2 atom stereocenters. The summed E-state index contributed by atoms with van der Waals surface area (Å²) in [5.41, 5.74) is -0.327. The van der Waals surface area contributed by atoms with Crippen LogP contribution >= 0.6 is 23.2 Å². The Hall–Kier alpha value is -6.56. The zero-order chi connectivity index (χ0) is 55.5. The molecule has 5 aromatic rings. The van der Waals surface area contributed by atoms with E-state index in [-0.39, 0.29) is 58.0 Å². The van der Waals surface area contributed by atoms with Crippen LogP contribution in [0.4, 0.5) is 37.7 Å². The molecular formula is C49H49Cl2F6N3O13S. The first-order chi connectivity index (χ1) is 34.6. The molecule has 1 saturated carbocycles. The highest BCUT2D eigenvalue weighted by molar-refractivity contribution is 7.90. The minimum absolute atomic E-state index is 0.0223. The lowest BCUT2D eigenvalue weighted by Crippen LogP contribution is -2.43. The van der Waals surface area contributed by atoms with Crippen LogP contribution < -0.4 is 9.64 Å². The Morgan fingerprint density at radius 3 is 2.09 bits per heavy atom. The van der Waals surface area contributed by atoms with Crippen LogP contribution in [0, 0.1) is 17.0 Å². The highest BCUT2D eigenvalue weighted by atomic mass is 35.5. The fourth-order valence-corrected chi connectivity index (χ4v) is 8.29. The first-order valence-electron chi connectivity index (χ1n) is 22.2. The number of nitro benzene ring substituents is 1. The number of amides is 1. The first-order valence-corrected chi connectivity index (χ1v) is 25.0. The standard InChI is InChI=1S/C19H15ClF3NO7.C15H22ClNO2.C15H12F3NO4S/c1-3-29-17(25)10(2)30-18(26)13-9-12(5-6-15(13)24(27)28)31-16-7-4-11(8-14(16)20)19(21,22)23;1-5-13-8-6-7-11(2)15(13)17(14(18)9-16)12(3)10-19-4;1-24(21,22)12-6-9(15(16,17)18)4-5-10(12)13(20)11-7-19-23-14(11)8-2-3-8/h4-10H,3H2,1-2H3;6-8,12H,5,9-10H2,1-4H3;4-8H,2-3H2,1H3. The van der Waals surface area contributed by atoms with Gasteiger partial charge in [0, 0.05) is 37.0 Å². The van der Waals surface area contributed by atoms with E-state index in [4.69, 9.17) is 46.7 Å². The van der Waals surface area contributed by atoms with Gasteiger partial charge in [0.25, 0.3) is 5.69 Å². The zero-order valence-electron chi connectivity index (χ0n) is 40.6. The number of ether oxygens (including phenoxy) is 4. The summed E-state index contributed by atoms with van der Waals surface area (Å²) in [5.74, 6) is -2.79. The van der Waals surface area contributed by atoms with E-state index in [1.165, 1.54) is 13.1 Å². The molecule has 400 valence electrons. The van der Waals surface area contributed by atoms with Gasteiger partial charge >= 0.3 is 24.3 Å². The van der Waals surface area contributed by atoms with E-state index in [2.05, 4.69) is 18.1 Å². The maximum Gasteiger partial charge on any atom is 0.416 e. The number of hydrogen-bond acceptors (Lipinski definition) is 14. The lowest BCUT2D eigenvalue weighted by Gasteiger charge is -2.31. The molecule has 0 radical (unpaired) electrons. The molecular weight excluding hydrogens is 1060 g/mol. The normalized spacial score (nSPS) is 13.2. The van der Waals surface area contributed by atoms with Crippen molar-refractivity contribution in [2.75, 3.05) is 37.4 Å². The van der Waals surface area contributed by atoms with E-state index in [9.17, 15) is 64.1 Å². The minimum Gasteiger partial charge on any atom is -0.463 e. The fourth-order valence-electron chi connectivity index (χ4n) is 7.04. The number of carbonyl (C=O) groups is 4. The van der Waals surface area contributed by atoms with Crippen LogP contribution in [-0.2, 0) is 52.4 Å². The van der Waals surface area contributed by atoms with Crippen molar-refractivity contribution < 1.29 is 82.3 Å². The second-order valence-corrected chi connectivity index (χ2v) is 19.0. The van der Waals surface area contributed by atoms with Gasteiger partial charge in [-0.1, -0.05) is 41.9 Å². The van der Waals surface area contributed by atoms with Gasteiger partial charge in [-0.05, 0) is 101 Å². The van der Waals surface area contributed by atoms with E-state index in [1.807, 2.05) is 26.0 Å². The van der Waals surface area contributed by atoms with Crippen LogP contribution in [0.25, 0.3) is 0 Å². The van der Waals surface area contributed by atoms with Gasteiger partial charge in [-0.2, -0.15) is 26.3 Å². The van der Waals surface area contributed by atoms with Gasteiger partial charge in [0.05, 0.1) is 62.7 Å². The first kappa shape index (κ1) is 60.0. The number of carbonyl (C=O) groups excluding carboxylic acids is 4. The summed E-state index contributed by atoms with van der Waals surface area (Å²) in [6.07, 6.45) is -6.21. The van der Waals surface area contributed by atoms with Gasteiger partial charge in [0.2, 0.25) is 5.91 Å². The molecule has 25 heteroatoms. The molecule has 1 fully saturated rings. The highest BCUT2D eigenvalue weighted by Gasteiger charge is 2.37. The lowest BCUT2D eigenvalue weighted by molar-refractivity contribution is -0.385. The van der Waals surface area contributed by atoms with Crippen LogP contribution in [0.1, 0.15) is 101 Å². The van der Waals surface area contributed by atoms with Crippen molar-refractivity contribution in [3.63, 3.8) is 0 Å². The average molecular weight is 1100 g/mol. The number of methoxy groups -OCH3 is 1. The topological polar surface area (TPSA) is 212 Å². The van der Waals surface area contributed by atoms with E-state index < -0.39 is 78.2 Å². The molecule has 0 saturated heterocycles. The smallest absolute Gasteiger partial charge is 0.416 e. The molecule has 6 rings (SSSR count). The van der Waals surface area contributed by atoms with Crippen molar-refractivity contribution in [3.05, 3.63) is 139 Å². The number of rotatable bonds is 17. The molecule has 74 heavy (non-hydrogen) atoms. The number of aryl methyl sites for hydroxylation is 2. The number of nitro groups is 1. The van der Waals surface area contributed by atoms with Crippen LogP contribution in [-0.4, -0.2) is 86.7 Å². The molecule has 1 aliphatic carbocycles. The summed E-state index contributed by atoms with van der Waals surface area (Å²) < 4.78 is 126. The van der Waals surface area contributed by atoms with Crippen molar-refractivity contribution >= 4 is 68.0 Å².